The highest BCUT2D eigenvalue weighted by Crippen LogP contribution is 2.50. The van der Waals surface area contributed by atoms with Crippen molar-refractivity contribution in [1.29, 1.82) is 0 Å². The van der Waals surface area contributed by atoms with Crippen LogP contribution in [0.4, 0.5) is 0 Å². The van der Waals surface area contributed by atoms with Crippen molar-refractivity contribution in [1.82, 2.24) is 0 Å². The summed E-state index contributed by atoms with van der Waals surface area (Å²) in [4.78, 5) is 0. The topological polar surface area (TPSA) is 66.5 Å². The first-order chi connectivity index (χ1) is 11.7. The van der Waals surface area contributed by atoms with E-state index in [4.69, 9.17) is 5.73 Å². The third kappa shape index (κ3) is 4.30. The number of rotatable bonds is 7. The number of aliphatic hydroxyl groups is 2. The molecule has 0 unspecified atom stereocenters. The van der Waals surface area contributed by atoms with Gasteiger partial charge in [0.15, 0.2) is 0 Å². The molecule has 3 rings (SSSR count). The molecule has 0 aromatic rings. The molecule has 3 fully saturated rings. The molecule has 0 amide bonds. The molecule has 0 bridgehead atoms. The van der Waals surface area contributed by atoms with Gasteiger partial charge < -0.3 is 15.9 Å². The molecule has 24 heavy (non-hydrogen) atoms. The van der Waals surface area contributed by atoms with E-state index in [1.165, 1.54) is 25.7 Å². The summed E-state index contributed by atoms with van der Waals surface area (Å²) < 4.78 is 0. The molecule has 0 saturated heterocycles. The third-order valence-corrected chi connectivity index (χ3v) is 6.62. The Bertz CT molecular complexity index is 453. The highest BCUT2D eigenvalue weighted by Gasteiger charge is 2.45. The molecule has 4 N–H and O–H groups in total. The first kappa shape index (κ1) is 18.2. The molecule has 3 heteroatoms. The van der Waals surface area contributed by atoms with E-state index in [9.17, 15) is 10.2 Å². The van der Waals surface area contributed by atoms with E-state index in [1.807, 2.05) is 6.08 Å². The first-order valence-corrected chi connectivity index (χ1v) is 10.1. The van der Waals surface area contributed by atoms with E-state index in [2.05, 4.69) is 12.2 Å². The average molecular weight is 334 g/mol. The quantitative estimate of drug-likeness (QED) is 0.493. The fraction of sp³-hybridized carbons (Fsp3) is 0.810. The van der Waals surface area contributed by atoms with E-state index in [0.717, 1.165) is 45.1 Å². The number of nitrogens with two attached hydrogens (primary N) is 1. The van der Waals surface area contributed by atoms with Gasteiger partial charge >= 0.3 is 0 Å². The molecular weight excluding hydrogens is 298 g/mol. The SMILES string of the molecule is NCCCCC=C1C[C@H]2C[C@@H](O)[C@H](/C=C/[C@H](O)C3CCCC3)[C@H]2C1. The number of hydrogen-bond acceptors (Lipinski definition) is 3. The second kappa shape index (κ2) is 8.64. The van der Waals surface area contributed by atoms with Crippen molar-refractivity contribution in [2.45, 2.75) is 76.4 Å². The monoisotopic (exact) mass is 333 g/mol. The molecule has 0 heterocycles. The maximum atomic E-state index is 10.4. The van der Waals surface area contributed by atoms with Gasteiger partial charge in [0.2, 0.25) is 0 Å². The largest absolute Gasteiger partial charge is 0.392 e. The van der Waals surface area contributed by atoms with Gasteiger partial charge in [-0.2, -0.15) is 0 Å². The summed E-state index contributed by atoms with van der Waals surface area (Å²) in [6, 6.07) is 0. The number of fused-ring (bicyclic) bond motifs is 1. The zero-order valence-corrected chi connectivity index (χ0v) is 14.9. The lowest BCUT2D eigenvalue weighted by atomic mass is 9.89. The molecule has 3 saturated carbocycles. The summed E-state index contributed by atoms with van der Waals surface area (Å²) in [6.07, 6.45) is 17.5. The van der Waals surface area contributed by atoms with Gasteiger partial charge in [0, 0.05) is 5.92 Å². The van der Waals surface area contributed by atoms with Crippen LogP contribution in [0.2, 0.25) is 0 Å². The van der Waals surface area contributed by atoms with Crippen molar-refractivity contribution in [2.75, 3.05) is 6.54 Å². The van der Waals surface area contributed by atoms with Gasteiger partial charge in [-0.15, -0.1) is 0 Å². The summed E-state index contributed by atoms with van der Waals surface area (Å²) in [5, 5.41) is 20.8. The number of allylic oxidation sites excluding steroid dienone is 2. The van der Waals surface area contributed by atoms with Gasteiger partial charge in [0.1, 0.15) is 0 Å². The standard InChI is InChI=1S/C21H35NO2/c22-11-5-1-2-6-15-12-17-14-21(24)18(19(17)13-15)9-10-20(23)16-7-3-4-8-16/h6,9-10,16-21,23-24H,1-5,7-8,11-14,22H2/b10-9+,15-6?/t17-,18+,19-,20-,21+/m0/s1. The van der Waals surface area contributed by atoms with Crippen molar-refractivity contribution in [2.24, 2.45) is 29.4 Å². The fourth-order valence-electron chi connectivity index (χ4n) is 5.23. The van der Waals surface area contributed by atoms with Crippen molar-refractivity contribution >= 4 is 0 Å². The molecule has 0 aromatic carbocycles. The Morgan fingerprint density at radius 2 is 1.96 bits per heavy atom. The molecule has 0 spiro atoms. The van der Waals surface area contributed by atoms with Gasteiger partial charge in [0.05, 0.1) is 12.2 Å². The number of hydrogen-bond donors (Lipinski definition) is 3. The van der Waals surface area contributed by atoms with Crippen LogP contribution in [0.1, 0.15) is 64.2 Å². The van der Waals surface area contributed by atoms with Crippen molar-refractivity contribution < 1.29 is 10.2 Å². The molecule has 136 valence electrons. The van der Waals surface area contributed by atoms with Gasteiger partial charge in [-0.05, 0) is 75.7 Å². The van der Waals surface area contributed by atoms with Crippen LogP contribution in [0.25, 0.3) is 0 Å². The first-order valence-electron chi connectivity index (χ1n) is 10.1. The van der Waals surface area contributed by atoms with Crippen LogP contribution in [0.15, 0.2) is 23.8 Å². The second-order valence-corrected chi connectivity index (χ2v) is 8.28. The lowest BCUT2D eigenvalue weighted by Crippen LogP contribution is -2.19. The Morgan fingerprint density at radius 1 is 1.17 bits per heavy atom. The Morgan fingerprint density at radius 3 is 2.71 bits per heavy atom. The lowest BCUT2D eigenvalue weighted by molar-refractivity contribution is 0.135. The summed E-state index contributed by atoms with van der Waals surface area (Å²) >= 11 is 0. The third-order valence-electron chi connectivity index (χ3n) is 6.62. The van der Waals surface area contributed by atoms with Crippen molar-refractivity contribution in [3.05, 3.63) is 23.8 Å². The summed E-state index contributed by atoms with van der Waals surface area (Å²) in [6.45, 7) is 0.788. The number of aliphatic hydroxyl groups excluding tert-OH is 2. The minimum Gasteiger partial charge on any atom is -0.392 e. The van der Waals surface area contributed by atoms with E-state index < -0.39 is 0 Å². The number of unbranched alkanes of at least 4 members (excludes halogenated alkanes) is 2. The van der Waals surface area contributed by atoms with Crippen LogP contribution in [-0.2, 0) is 0 Å². The molecule has 3 nitrogen and oxygen atoms in total. The van der Waals surface area contributed by atoms with Gasteiger partial charge in [-0.25, -0.2) is 0 Å². The highest BCUT2D eigenvalue weighted by molar-refractivity contribution is 5.18. The molecule has 3 aliphatic rings. The molecule has 5 atom stereocenters. The molecule has 3 aliphatic carbocycles. The van der Waals surface area contributed by atoms with Gasteiger partial charge in [-0.3, -0.25) is 0 Å². The maximum Gasteiger partial charge on any atom is 0.0749 e. The lowest BCUT2D eigenvalue weighted by Gasteiger charge is -2.19. The summed E-state index contributed by atoms with van der Waals surface area (Å²) in [5.41, 5.74) is 7.14. The van der Waals surface area contributed by atoms with Crippen LogP contribution in [0.5, 0.6) is 0 Å². The minimum absolute atomic E-state index is 0.217. The minimum atomic E-state index is -0.313. The highest BCUT2D eigenvalue weighted by atomic mass is 16.3. The predicted octanol–water partition coefficient (Wildman–Crippen LogP) is 3.56. The van der Waals surface area contributed by atoms with Gasteiger partial charge in [0.25, 0.3) is 0 Å². The van der Waals surface area contributed by atoms with Gasteiger partial charge in [-0.1, -0.05) is 36.6 Å². The molecule has 0 aliphatic heterocycles. The summed E-state index contributed by atoms with van der Waals surface area (Å²) in [5.74, 6) is 1.89. The molecular formula is C21H35NO2. The normalized spacial score (nSPS) is 36.9. The van der Waals surface area contributed by atoms with Crippen LogP contribution < -0.4 is 5.73 Å². The van der Waals surface area contributed by atoms with E-state index >= 15 is 0 Å². The van der Waals surface area contributed by atoms with Crippen LogP contribution in [0, 0.1) is 23.7 Å². The smallest absolute Gasteiger partial charge is 0.0749 e. The molecule has 0 aromatic heterocycles. The maximum absolute atomic E-state index is 10.4. The zero-order valence-electron chi connectivity index (χ0n) is 14.9. The van der Waals surface area contributed by atoms with E-state index in [0.29, 0.717) is 17.8 Å². The van der Waals surface area contributed by atoms with Crippen LogP contribution in [0.3, 0.4) is 0 Å². The van der Waals surface area contributed by atoms with Crippen LogP contribution >= 0.6 is 0 Å². The fourth-order valence-corrected chi connectivity index (χ4v) is 5.23. The van der Waals surface area contributed by atoms with E-state index in [-0.39, 0.29) is 18.1 Å². The molecule has 0 radical (unpaired) electrons. The van der Waals surface area contributed by atoms with Crippen LogP contribution in [-0.4, -0.2) is 29.0 Å². The Kier molecular flexibility index (Phi) is 6.54. The van der Waals surface area contributed by atoms with Crippen molar-refractivity contribution in [3.63, 3.8) is 0 Å². The van der Waals surface area contributed by atoms with E-state index in [1.54, 1.807) is 5.57 Å². The second-order valence-electron chi connectivity index (χ2n) is 8.28. The van der Waals surface area contributed by atoms with Crippen molar-refractivity contribution in [3.8, 4) is 0 Å². The zero-order chi connectivity index (χ0) is 16.9. The average Bonchev–Trinajstić information content (AvgIpc) is 3.26. The Hall–Kier alpha value is -0.640. The predicted molar refractivity (Wildman–Crippen MR) is 98.4 cm³/mol. The Labute approximate surface area is 147 Å². The Balaban J connectivity index is 1.54. The summed E-state index contributed by atoms with van der Waals surface area (Å²) in [7, 11) is 0.